The molecule has 3 rings (SSSR count). The number of benzene rings is 2. The lowest BCUT2D eigenvalue weighted by Gasteiger charge is -2.28. The second-order valence-corrected chi connectivity index (χ2v) is 7.57. The first-order valence-electron chi connectivity index (χ1n) is 8.71. The molecule has 0 amide bonds. The summed E-state index contributed by atoms with van der Waals surface area (Å²) in [5, 5.41) is 0. The van der Waals surface area contributed by atoms with E-state index in [2.05, 4.69) is 27.7 Å². The number of hydrogen-bond donors (Lipinski definition) is 0. The van der Waals surface area contributed by atoms with E-state index in [0.29, 0.717) is 22.3 Å². The average molecular weight is 320 g/mol. The summed E-state index contributed by atoms with van der Waals surface area (Å²) in [6.45, 7) is 8.63. The van der Waals surface area contributed by atoms with Gasteiger partial charge in [0.2, 0.25) is 0 Å². The van der Waals surface area contributed by atoms with Crippen LogP contribution >= 0.6 is 0 Å². The molecule has 0 fully saturated rings. The van der Waals surface area contributed by atoms with Crippen LogP contribution in [0.2, 0.25) is 0 Å². The van der Waals surface area contributed by atoms with Crippen molar-refractivity contribution >= 4 is 11.6 Å². The smallest absolute Gasteiger partial charge is 0.194 e. The summed E-state index contributed by atoms with van der Waals surface area (Å²) in [6.07, 6.45) is 2.92. The quantitative estimate of drug-likeness (QED) is 0.672. The van der Waals surface area contributed by atoms with E-state index in [9.17, 15) is 9.59 Å². The minimum atomic E-state index is -0.0571. The van der Waals surface area contributed by atoms with E-state index in [1.807, 2.05) is 24.3 Å². The van der Waals surface area contributed by atoms with Crippen LogP contribution in [0.4, 0.5) is 0 Å². The Hall–Kier alpha value is -2.22. The van der Waals surface area contributed by atoms with Gasteiger partial charge in [0, 0.05) is 22.3 Å². The number of hydrogen-bond acceptors (Lipinski definition) is 2. The highest BCUT2D eigenvalue weighted by Crippen LogP contribution is 2.36. The Morgan fingerprint density at radius 2 is 1.46 bits per heavy atom. The summed E-state index contributed by atoms with van der Waals surface area (Å²) < 4.78 is 0. The largest absolute Gasteiger partial charge is 0.289 e. The normalized spacial score (nSPS) is 13.7. The third kappa shape index (κ3) is 2.60. The second-order valence-electron chi connectivity index (χ2n) is 7.57. The van der Waals surface area contributed by atoms with Gasteiger partial charge in [-0.15, -0.1) is 0 Å². The van der Waals surface area contributed by atoms with Crippen LogP contribution < -0.4 is 0 Å². The van der Waals surface area contributed by atoms with Crippen molar-refractivity contribution in [2.75, 3.05) is 0 Å². The fourth-order valence-corrected chi connectivity index (χ4v) is 3.57. The topological polar surface area (TPSA) is 34.1 Å². The molecule has 0 heterocycles. The predicted octanol–water partition coefficient (Wildman–Crippen LogP) is 5.10. The van der Waals surface area contributed by atoms with Crippen LogP contribution in [0.3, 0.4) is 0 Å². The summed E-state index contributed by atoms with van der Waals surface area (Å²) in [5.74, 6) is -0.0317. The lowest BCUT2D eigenvalue weighted by atomic mass is 9.74. The van der Waals surface area contributed by atoms with Gasteiger partial charge in [-0.3, -0.25) is 9.59 Å². The molecule has 0 aliphatic heterocycles. The minimum Gasteiger partial charge on any atom is -0.289 e. The van der Waals surface area contributed by atoms with Crippen LogP contribution in [0.25, 0.3) is 0 Å². The molecule has 0 radical (unpaired) electrons. The van der Waals surface area contributed by atoms with Gasteiger partial charge >= 0.3 is 0 Å². The minimum absolute atomic E-state index is 0.00240. The molecule has 24 heavy (non-hydrogen) atoms. The number of carbonyl (C=O) groups excluding carboxylic acids is 2. The van der Waals surface area contributed by atoms with E-state index in [-0.39, 0.29) is 17.0 Å². The summed E-state index contributed by atoms with van der Waals surface area (Å²) in [4.78, 5) is 26.1. The zero-order valence-electron chi connectivity index (χ0n) is 14.9. The first-order valence-corrected chi connectivity index (χ1v) is 8.71. The van der Waals surface area contributed by atoms with Crippen molar-refractivity contribution in [3.8, 4) is 0 Å². The summed E-state index contributed by atoms with van der Waals surface area (Å²) in [6, 6.07) is 11.1. The molecule has 0 saturated heterocycles. The number of unbranched alkanes of at least 4 members (excludes halogenated alkanes) is 1. The molecule has 1 aliphatic rings. The number of carbonyl (C=O) groups is 2. The molecule has 2 nitrogen and oxygen atoms in total. The maximum atomic E-state index is 13.2. The first kappa shape index (κ1) is 16.6. The van der Waals surface area contributed by atoms with Crippen LogP contribution in [-0.2, 0) is 11.8 Å². The van der Waals surface area contributed by atoms with Crippen LogP contribution in [0, 0.1) is 0 Å². The van der Waals surface area contributed by atoms with Crippen molar-refractivity contribution in [1.29, 1.82) is 0 Å². The van der Waals surface area contributed by atoms with E-state index in [0.717, 1.165) is 24.8 Å². The first-order chi connectivity index (χ1) is 11.4. The predicted molar refractivity (Wildman–Crippen MR) is 97.1 cm³/mol. The maximum Gasteiger partial charge on any atom is 0.194 e. The molecule has 124 valence electrons. The lowest BCUT2D eigenvalue weighted by molar-refractivity contribution is 0.0978. The van der Waals surface area contributed by atoms with E-state index in [4.69, 9.17) is 0 Å². The van der Waals surface area contributed by atoms with Gasteiger partial charge in [0.05, 0.1) is 0 Å². The van der Waals surface area contributed by atoms with Crippen LogP contribution in [0.1, 0.15) is 83.5 Å². The van der Waals surface area contributed by atoms with Crippen molar-refractivity contribution in [2.45, 2.75) is 52.4 Å². The van der Waals surface area contributed by atoms with Crippen molar-refractivity contribution in [3.05, 3.63) is 69.8 Å². The van der Waals surface area contributed by atoms with Crippen molar-refractivity contribution in [2.24, 2.45) is 0 Å². The zero-order chi connectivity index (χ0) is 17.5. The molecule has 0 bridgehead atoms. The molecule has 2 heteroatoms. The van der Waals surface area contributed by atoms with Gasteiger partial charge in [0.15, 0.2) is 11.6 Å². The Balaban J connectivity index is 2.28. The van der Waals surface area contributed by atoms with Gasteiger partial charge < -0.3 is 0 Å². The van der Waals surface area contributed by atoms with Crippen molar-refractivity contribution < 1.29 is 9.59 Å². The van der Waals surface area contributed by atoms with Gasteiger partial charge in [-0.1, -0.05) is 64.4 Å². The van der Waals surface area contributed by atoms with E-state index < -0.39 is 0 Å². The monoisotopic (exact) mass is 320 g/mol. The van der Waals surface area contributed by atoms with Gasteiger partial charge in [0.25, 0.3) is 0 Å². The molecule has 0 atom stereocenters. The molecule has 1 aliphatic carbocycles. The van der Waals surface area contributed by atoms with Gasteiger partial charge in [0.1, 0.15) is 0 Å². The fourth-order valence-electron chi connectivity index (χ4n) is 3.57. The van der Waals surface area contributed by atoms with Gasteiger partial charge in [-0.2, -0.15) is 0 Å². The third-order valence-corrected chi connectivity index (χ3v) is 4.79. The van der Waals surface area contributed by atoms with Crippen LogP contribution in [0.5, 0.6) is 0 Å². The zero-order valence-corrected chi connectivity index (χ0v) is 14.9. The standard InChI is InChI=1S/C22H24O2/c1-5-6-9-16-18(22(2,3)4)13-12-17-19(16)21(24)15-11-8-7-10-14(15)20(17)23/h7-8,10-13H,5-6,9H2,1-4H3. The number of rotatable bonds is 3. The highest BCUT2D eigenvalue weighted by Gasteiger charge is 2.33. The van der Waals surface area contributed by atoms with Crippen molar-refractivity contribution in [3.63, 3.8) is 0 Å². The Morgan fingerprint density at radius 3 is 2.04 bits per heavy atom. The Kier molecular flexibility index (Phi) is 4.16. The fraction of sp³-hybridized carbons (Fsp3) is 0.364. The van der Waals surface area contributed by atoms with E-state index in [1.165, 1.54) is 5.56 Å². The van der Waals surface area contributed by atoms with Gasteiger partial charge in [-0.05, 0) is 35.4 Å². The molecule has 0 N–H and O–H groups in total. The third-order valence-electron chi connectivity index (χ3n) is 4.79. The Bertz CT molecular complexity index is 822. The summed E-state index contributed by atoms with van der Waals surface area (Å²) >= 11 is 0. The molecular formula is C22H24O2. The molecular weight excluding hydrogens is 296 g/mol. The molecule has 0 spiro atoms. The van der Waals surface area contributed by atoms with E-state index >= 15 is 0 Å². The maximum absolute atomic E-state index is 13.2. The highest BCUT2D eigenvalue weighted by atomic mass is 16.1. The Morgan fingerprint density at radius 1 is 0.833 bits per heavy atom. The SMILES string of the molecule is CCCCc1c(C(C)(C)C)ccc2c1C(=O)c1ccccc1C2=O. The molecule has 2 aromatic carbocycles. The molecule has 0 aromatic heterocycles. The number of ketones is 2. The van der Waals surface area contributed by atoms with Gasteiger partial charge in [-0.25, -0.2) is 0 Å². The second kappa shape index (κ2) is 6.01. The lowest BCUT2D eigenvalue weighted by Crippen LogP contribution is -2.25. The summed E-state index contributed by atoms with van der Waals surface area (Å²) in [5.41, 5.74) is 4.46. The average Bonchev–Trinajstić information content (AvgIpc) is 2.56. The van der Waals surface area contributed by atoms with Crippen LogP contribution in [0.15, 0.2) is 36.4 Å². The highest BCUT2D eigenvalue weighted by molar-refractivity contribution is 6.29. The van der Waals surface area contributed by atoms with E-state index in [1.54, 1.807) is 12.1 Å². The molecule has 2 aromatic rings. The van der Waals surface area contributed by atoms with Crippen molar-refractivity contribution in [1.82, 2.24) is 0 Å². The molecule has 0 saturated carbocycles. The number of fused-ring (bicyclic) bond motifs is 2. The molecule has 0 unspecified atom stereocenters. The van der Waals surface area contributed by atoms with Crippen LogP contribution in [-0.4, -0.2) is 11.6 Å². The Labute approximate surface area is 143 Å². The summed E-state index contributed by atoms with van der Waals surface area (Å²) in [7, 11) is 0.